The molecule has 0 saturated heterocycles. The van der Waals surface area contributed by atoms with Gasteiger partial charge in [-0.1, -0.05) is 44.0 Å². The van der Waals surface area contributed by atoms with Crippen molar-refractivity contribution >= 4 is 31.9 Å². The van der Waals surface area contributed by atoms with E-state index in [-0.39, 0.29) is 6.04 Å². The van der Waals surface area contributed by atoms with Crippen molar-refractivity contribution in [2.24, 2.45) is 5.73 Å². The zero-order valence-electron chi connectivity index (χ0n) is 11.7. The maximum Gasteiger partial charge on any atom is 0.127 e. The van der Waals surface area contributed by atoms with Crippen molar-refractivity contribution in [2.45, 2.75) is 19.9 Å². The first kappa shape index (κ1) is 15.5. The third-order valence-corrected chi connectivity index (χ3v) is 4.80. The second-order valence-electron chi connectivity index (χ2n) is 4.78. The summed E-state index contributed by atoms with van der Waals surface area (Å²) in [5.74, 6) is 0.862. The molecule has 0 aliphatic heterocycles. The summed E-state index contributed by atoms with van der Waals surface area (Å²) in [4.78, 5) is 0. The van der Waals surface area contributed by atoms with E-state index in [1.807, 2.05) is 31.2 Å². The molecule has 1 atom stereocenters. The molecule has 1 unspecified atom stereocenters. The Labute approximate surface area is 136 Å². The molecule has 0 aromatic heterocycles. The number of benzene rings is 2. The topological polar surface area (TPSA) is 35.2 Å². The summed E-state index contributed by atoms with van der Waals surface area (Å²) in [7, 11) is 1.69. The Bertz CT molecular complexity index is 623. The molecule has 0 bridgehead atoms. The van der Waals surface area contributed by atoms with Gasteiger partial charge in [0.15, 0.2) is 0 Å². The number of hydrogen-bond acceptors (Lipinski definition) is 2. The molecule has 0 aliphatic carbocycles. The fourth-order valence-electron chi connectivity index (χ4n) is 2.36. The van der Waals surface area contributed by atoms with E-state index in [4.69, 9.17) is 10.5 Å². The zero-order valence-corrected chi connectivity index (χ0v) is 14.9. The molecule has 4 heteroatoms. The number of hydrogen-bond donors (Lipinski definition) is 1. The summed E-state index contributed by atoms with van der Waals surface area (Å²) < 4.78 is 7.67. The molecular formula is C16H17Br2NO. The number of ether oxygens (including phenoxy) is 1. The minimum absolute atomic E-state index is 0.214. The van der Waals surface area contributed by atoms with E-state index in [0.717, 1.165) is 36.9 Å². The van der Waals surface area contributed by atoms with E-state index in [0.29, 0.717) is 0 Å². The maximum atomic E-state index is 6.47. The number of halogens is 2. The van der Waals surface area contributed by atoms with Crippen molar-refractivity contribution in [2.75, 3.05) is 7.11 Å². The second-order valence-corrected chi connectivity index (χ2v) is 6.55. The van der Waals surface area contributed by atoms with Crippen LogP contribution >= 0.6 is 31.9 Å². The lowest BCUT2D eigenvalue weighted by atomic mass is 9.93. The van der Waals surface area contributed by atoms with Crippen LogP contribution in [0, 0.1) is 13.8 Å². The quantitative estimate of drug-likeness (QED) is 0.799. The Balaban J connectivity index is 2.58. The molecule has 2 rings (SSSR count). The van der Waals surface area contributed by atoms with Crippen molar-refractivity contribution in [3.05, 3.63) is 61.5 Å². The SMILES string of the molecule is COc1c(C)cc(Br)c(C)c1C(N)c1ccc(Br)cc1. The van der Waals surface area contributed by atoms with Crippen LogP contribution in [0.1, 0.15) is 28.3 Å². The van der Waals surface area contributed by atoms with Crippen molar-refractivity contribution in [1.29, 1.82) is 0 Å². The highest BCUT2D eigenvalue weighted by atomic mass is 79.9. The number of nitrogens with two attached hydrogens (primary N) is 1. The van der Waals surface area contributed by atoms with Crippen LogP contribution in [0.3, 0.4) is 0 Å². The third kappa shape index (κ3) is 2.92. The summed E-state index contributed by atoms with van der Waals surface area (Å²) >= 11 is 7.04. The first-order chi connectivity index (χ1) is 9.45. The van der Waals surface area contributed by atoms with E-state index in [9.17, 15) is 0 Å². The van der Waals surface area contributed by atoms with Crippen LogP contribution in [0.15, 0.2) is 39.3 Å². The highest BCUT2D eigenvalue weighted by Crippen LogP contribution is 2.37. The van der Waals surface area contributed by atoms with E-state index in [2.05, 4.69) is 44.8 Å². The lowest BCUT2D eigenvalue weighted by molar-refractivity contribution is 0.404. The van der Waals surface area contributed by atoms with Crippen LogP contribution in [0.25, 0.3) is 0 Å². The monoisotopic (exact) mass is 397 g/mol. The highest BCUT2D eigenvalue weighted by molar-refractivity contribution is 9.10. The lowest BCUT2D eigenvalue weighted by Gasteiger charge is -2.21. The molecule has 2 N–H and O–H groups in total. The van der Waals surface area contributed by atoms with Gasteiger partial charge in [0.05, 0.1) is 13.2 Å². The molecule has 20 heavy (non-hydrogen) atoms. The number of methoxy groups -OCH3 is 1. The minimum Gasteiger partial charge on any atom is -0.496 e. The van der Waals surface area contributed by atoms with Crippen LogP contribution < -0.4 is 10.5 Å². The average molecular weight is 399 g/mol. The standard InChI is InChI=1S/C16H17Br2NO/c1-9-8-13(18)10(2)14(16(9)20-3)15(19)11-4-6-12(17)7-5-11/h4-8,15H,19H2,1-3H3. The Morgan fingerprint density at radius 1 is 1.10 bits per heavy atom. The predicted molar refractivity (Wildman–Crippen MR) is 90.3 cm³/mol. The Hall–Kier alpha value is -0.840. The first-order valence-electron chi connectivity index (χ1n) is 6.30. The Morgan fingerprint density at radius 3 is 2.25 bits per heavy atom. The van der Waals surface area contributed by atoms with Gasteiger partial charge in [0.25, 0.3) is 0 Å². The van der Waals surface area contributed by atoms with E-state index in [1.165, 1.54) is 0 Å². The van der Waals surface area contributed by atoms with Gasteiger partial charge < -0.3 is 10.5 Å². The number of rotatable bonds is 3. The summed E-state index contributed by atoms with van der Waals surface area (Å²) in [6.45, 7) is 4.08. The molecule has 0 spiro atoms. The van der Waals surface area contributed by atoms with Crippen LogP contribution in [-0.4, -0.2) is 7.11 Å². The summed E-state index contributed by atoms with van der Waals surface area (Å²) in [5.41, 5.74) is 10.7. The molecule has 0 saturated carbocycles. The molecule has 2 aromatic carbocycles. The van der Waals surface area contributed by atoms with Crippen molar-refractivity contribution < 1.29 is 4.74 Å². The molecule has 0 aliphatic rings. The average Bonchev–Trinajstić information content (AvgIpc) is 2.42. The van der Waals surface area contributed by atoms with Gasteiger partial charge in [0.1, 0.15) is 5.75 Å². The van der Waals surface area contributed by atoms with Gasteiger partial charge in [0.2, 0.25) is 0 Å². The molecule has 0 amide bonds. The van der Waals surface area contributed by atoms with Gasteiger partial charge in [0, 0.05) is 14.5 Å². The summed E-state index contributed by atoms with van der Waals surface area (Å²) in [6.07, 6.45) is 0. The van der Waals surface area contributed by atoms with Crippen molar-refractivity contribution in [3.63, 3.8) is 0 Å². The summed E-state index contributed by atoms with van der Waals surface area (Å²) in [6, 6.07) is 9.91. The zero-order chi connectivity index (χ0) is 14.9. The van der Waals surface area contributed by atoms with Gasteiger partial charge >= 0.3 is 0 Å². The van der Waals surface area contributed by atoms with Crippen LogP contribution in [0.4, 0.5) is 0 Å². The van der Waals surface area contributed by atoms with E-state index in [1.54, 1.807) is 7.11 Å². The van der Waals surface area contributed by atoms with Crippen LogP contribution in [0.2, 0.25) is 0 Å². The molecular weight excluding hydrogens is 382 g/mol. The largest absolute Gasteiger partial charge is 0.496 e. The number of aryl methyl sites for hydroxylation is 1. The second kappa shape index (κ2) is 6.29. The van der Waals surface area contributed by atoms with Gasteiger partial charge in [-0.3, -0.25) is 0 Å². The lowest BCUT2D eigenvalue weighted by Crippen LogP contribution is -2.15. The first-order valence-corrected chi connectivity index (χ1v) is 7.89. The van der Waals surface area contributed by atoms with E-state index >= 15 is 0 Å². The smallest absolute Gasteiger partial charge is 0.127 e. The Morgan fingerprint density at radius 2 is 1.70 bits per heavy atom. The minimum atomic E-state index is -0.214. The molecule has 2 aromatic rings. The molecule has 0 heterocycles. The van der Waals surface area contributed by atoms with Crippen molar-refractivity contribution in [1.82, 2.24) is 0 Å². The fourth-order valence-corrected chi connectivity index (χ4v) is 3.18. The maximum absolute atomic E-state index is 6.47. The van der Waals surface area contributed by atoms with Crippen molar-refractivity contribution in [3.8, 4) is 5.75 Å². The molecule has 0 fully saturated rings. The van der Waals surface area contributed by atoms with Crippen LogP contribution in [0.5, 0.6) is 5.75 Å². The normalized spacial score (nSPS) is 12.3. The van der Waals surface area contributed by atoms with Gasteiger partial charge in [-0.2, -0.15) is 0 Å². The Kier molecular flexibility index (Phi) is 4.89. The molecule has 106 valence electrons. The predicted octanol–water partition coefficient (Wildman–Crippen LogP) is 4.89. The highest BCUT2D eigenvalue weighted by Gasteiger charge is 2.20. The summed E-state index contributed by atoms with van der Waals surface area (Å²) in [5, 5.41) is 0. The fraction of sp³-hybridized carbons (Fsp3) is 0.250. The van der Waals surface area contributed by atoms with Gasteiger partial charge in [-0.05, 0) is 48.7 Å². The molecule has 2 nitrogen and oxygen atoms in total. The third-order valence-electron chi connectivity index (χ3n) is 3.45. The van der Waals surface area contributed by atoms with E-state index < -0.39 is 0 Å². The van der Waals surface area contributed by atoms with Gasteiger partial charge in [-0.15, -0.1) is 0 Å². The van der Waals surface area contributed by atoms with Gasteiger partial charge in [-0.25, -0.2) is 0 Å². The molecule has 0 radical (unpaired) electrons. The van der Waals surface area contributed by atoms with Crippen LogP contribution in [-0.2, 0) is 0 Å².